The molecular weight excluding hydrogens is 289 g/mol. The van der Waals surface area contributed by atoms with Gasteiger partial charge in [-0.3, -0.25) is 0 Å². The maximum atomic E-state index is 13.2. The Morgan fingerprint density at radius 3 is 2.77 bits per heavy atom. The monoisotopic (exact) mass is 301 g/mol. The van der Waals surface area contributed by atoms with Crippen molar-refractivity contribution >= 4 is 0 Å². The molecule has 0 unspecified atom stereocenters. The van der Waals surface area contributed by atoms with Gasteiger partial charge in [-0.15, -0.1) is 5.10 Å². The van der Waals surface area contributed by atoms with Crippen molar-refractivity contribution in [2.45, 2.75) is 6.61 Å². The number of hydrogen-bond acceptors (Lipinski definition) is 6. The van der Waals surface area contributed by atoms with Crippen molar-refractivity contribution < 1.29 is 13.9 Å². The second kappa shape index (κ2) is 6.17. The molecule has 0 saturated carbocycles. The highest BCUT2D eigenvalue weighted by atomic mass is 19.1. The lowest BCUT2D eigenvalue weighted by atomic mass is 10.3. The molecule has 0 atom stereocenters. The molecule has 3 aromatic rings. The summed E-state index contributed by atoms with van der Waals surface area (Å²) in [6.45, 7) is 0.154. The zero-order valence-corrected chi connectivity index (χ0v) is 11.7. The summed E-state index contributed by atoms with van der Waals surface area (Å²) in [6, 6.07) is 6.28. The van der Waals surface area contributed by atoms with Crippen molar-refractivity contribution in [3.05, 3.63) is 54.4 Å². The molecule has 0 aliphatic heterocycles. The number of nitrogens with zero attached hydrogens (tertiary/aromatic N) is 5. The first-order chi connectivity index (χ1) is 10.7. The molecule has 22 heavy (non-hydrogen) atoms. The molecule has 8 heteroatoms. The molecule has 0 bridgehead atoms. The summed E-state index contributed by atoms with van der Waals surface area (Å²) in [4.78, 5) is 7.96. The van der Waals surface area contributed by atoms with E-state index in [1.807, 2.05) is 0 Å². The molecule has 0 aliphatic rings. The molecule has 2 heterocycles. The molecule has 2 aromatic heterocycles. The topological polar surface area (TPSA) is 75.0 Å². The standard InChI is InChI=1S/C14H12FN5O2/c1-21-13-6-16-14(17-7-13)22-9-11-8-20(19-18-11)12-4-2-3-10(15)5-12/h2-8H,9H2,1H3. The summed E-state index contributed by atoms with van der Waals surface area (Å²) in [5.74, 6) is 0.210. The van der Waals surface area contributed by atoms with Crippen LogP contribution < -0.4 is 9.47 Å². The largest absolute Gasteiger partial charge is 0.494 e. The van der Waals surface area contributed by atoms with Crippen LogP contribution in [0.15, 0.2) is 42.9 Å². The van der Waals surface area contributed by atoms with Crippen molar-refractivity contribution in [3.8, 4) is 17.4 Å². The van der Waals surface area contributed by atoms with Crippen LogP contribution in [0.3, 0.4) is 0 Å². The molecule has 0 aliphatic carbocycles. The van der Waals surface area contributed by atoms with Crippen LogP contribution in [0.2, 0.25) is 0 Å². The first-order valence-electron chi connectivity index (χ1n) is 6.40. The van der Waals surface area contributed by atoms with Gasteiger partial charge in [0.05, 0.1) is 31.4 Å². The average molecular weight is 301 g/mol. The summed E-state index contributed by atoms with van der Waals surface area (Å²) in [5.41, 5.74) is 1.16. The number of rotatable bonds is 5. The van der Waals surface area contributed by atoms with Gasteiger partial charge < -0.3 is 9.47 Å². The zero-order chi connectivity index (χ0) is 15.4. The van der Waals surface area contributed by atoms with E-state index in [9.17, 15) is 4.39 Å². The molecule has 1 aromatic carbocycles. The van der Waals surface area contributed by atoms with Gasteiger partial charge in [-0.2, -0.15) is 9.97 Å². The number of hydrogen-bond donors (Lipinski definition) is 0. The molecular formula is C14H12FN5O2. The molecule has 0 saturated heterocycles. The van der Waals surface area contributed by atoms with E-state index in [0.29, 0.717) is 17.1 Å². The van der Waals surface area contributed by atoms with E-state index >= 15 is 0 Å². The van der Waals surface area contributed by atoms with E-state index in [1.54, 1.807) is 18.3 Å². The van der Waals surface area contributed by atoms with Crippen molar-refractivity contribution in [1.82, 2.24) is 25.0 Å². The lowest BCUT2D eigenvalue weighted by Gasteiger charge is -2.02. The van der Waals surface area contributed by atoms with Gasteiger partial charge >= 0.3 is 6.01 Å². The number of ether oxygens (including phenoxy) is 2. The number of aromatic nitrogens is 5. The highest BCUT2D eigenvalue weighted by Crippen LogP contribution is 2.11. The van der Waals surface area contributed by atoms with Gasteiger partial charge in [0.15, 0.2) is 5.75 Å². The van der Waals surface area contributed by atoms with Crippen LogP contribution in [0.5, 0.6) is 11.8 Å². The van der Waals surface area contributed by atoms with E-state index < -0.39 is 0 Å². The van der Waals surface area contributed by atoms with Gasteiger partial charge in [-0.05, 0) is 18.2 Å². The van der Waals surface area contributed by atoms with Gasteiger partial charge in [-0.1, -0.05) is 11.3 Å². The highest BCUT2D eigenvalue weighted by Gasteiger charge is 2.06. The first-order valence-corrected chi connectivity index (χ1v) is 6.40. The maximum Gasteiger partial charge on any atom is 0.316 e. The van der Waals surface area contributed by atoms with Gasteiger partial charge in [0.2, 0.25) is 0 Å². The smallest absolute Gasteiger partial charge is 0.316 e. The third-order valence-electron chi connectivity index (χ3n) is 2.80. The predicted octanol–water partition coefficient (Wildman–Crippen LogP) is 1.78. The average Bonchev–Trinajstić information content (AvgIpc) is 3.02. The third kappa shape index (κ3) is 3.17. The fraction of sp³-hybridized carbons (Fsp3) is 0.143. The highest BCUT2D eigenvalue weighted by molar-refractivity contribution is 5.30. The molecule has 0 fully saturated rings. The normalized spacial score (nSPS) is 10.5. The Morgan fingerprint density at radius 1 is 1.23 bits per heavy atom. The first kappa shape index (κ1) is 13.9. The lowest BCUT2D eigenvalue weighted by molar-refractivity contribution is 0.274. The predicted molar refractivity (Wildman–Crippen MR) is 74.2 cm³/mol. The second-order valence-corrected chi connectivity index (χ2v) is 4.33. The summed E-state index contributed by atoms with van der Waals surface area (Å²) in [5, 5.41) is 7.88. The fourth-order valence-corrected chi connectivity index (χ4v) is 1.73. The van der Waals surface area contributed by atoms with Crippen LogP contribution in [0.25, 0.3) is 5.69 Å². The van der Waals surface area contributed by atoms with Crippen molar-refractivity contribution in [3.63, 3.8) is 0 Å². The molecule has 112 valence electrons. The van der Waals surface area contributed by atoms with E-state index in [1.165, 1.54) is 36.3 Å². The van der Waals surface area contributed by atoms with E-state index in [4.69, 9.17) is 9.47 Å². The lowest BCUT2D eigenvalue weighted by Crippen LogP contribution is -2.00. The van der Waals surface area contributed by atoms with Gasteiger partial charge in [0, 0.05) is 0 Å². The molecule has 7 nitrogen and oxygen atoms in total. The minimum absolute atomic E-state index is 0.154. The molecule has 0 spiro atoms. The number of halogens is 1. The SMILES string of the molecule is COc1cnc(OCc2cn(-c3cccc(F)c3)nn2)nc1. The van der Waals surface area contributed by atoms with Crippen LogP contribution in [0.4, 0.5) is 4.39 Å². The minimum atomic E-state index is -0.336. The molecule has 3 rings (SSSR count). The van der Waals surface area contributed by atoms with Crippen molar-refractivity contribution in [2.24, 2.45) is 0 Å². The number of benzene rings is 1. The summed E-state index contributed by atoms with van der Waals surface area (Å²) >= 11 is 0. The minimum Gasteiger partial charge on any atom is -0.494 e. The molecule has 0 amide bonds. The van der Waals surface area contributed by atoms with Crippen molar-refractivity contribution in [1.29, 1.82) is 0 Å². The Bertz CT molecular complexity index is 760. The summed E-state index contributed by atoms with van der Waals surface area (Å²) < 4.78 is 25.0. The van der Waals surface area contributed by atoms with Crippen LogP contribution in [0.1, 0.15) is 5.69 Å². The second-order valence-electron chi connectivity index (χ2n) is 4.33. The van der Waals surface area contributed by atoms with Crippen LogP contribution in [-0.2, 0) is 6.61 Å². The Hall–Kier alpha value is -3.03. The van der Waals surface area contributed by atoms with Gasteiger partial charge in [-0.25, -0.2) is 9.07 Å². The fourth-order valence-electron chi connectivity index (χ4n) is 1.73. The Kier molecular flexibility index (Phi) is 3.90. The van der Waals surface area contributed by atoms with E-state index in [-0.39, 0.29) is 18.4 Å². The maximum absolute atomic E-state index is 13.2. The van der Waals surface area contributed by atoms with Crippen molar-refractivity contribution in [2.75, 3.05) is 7.11 Å². The van der Waals surface area contributed by atoms with E-state index in [0.717, 1.165) is 0 Å². The Morgan fingerprint density at radius 2 is 2.05 bits per heavy atom. The summed E-state index contributed by atoms with van der Waals surface area (Å²) in [6.07, 6.45) is 4.66. The van der Waals surface area contributed by atoms with Crippen LogP contribution in [-0.4, -0.2) is 32.1 Å². The zero-order valence-electron chi connectivity index (χ0n) is 11.7. The Labute approximate surface area is 125 Å². The van der Waals surface area contributed by atoms with Gasteiger partial charge in [0.25, 0.3) is 0 Å². The number of methoxy groups -OCH3 is 1. The Balaban J connectivity index is 1.66. The summed E-state index contributed by atoms with van der Waals surface area (Å²) in [7, 11) is 1.53. The molecule has 0 radical (unpaired) electrons. The van der Waals surface area contributed by atoms with Gasteiger partial charge in [0.1, 0.15) is 18.1 Å². The molecule has 0 N–H and O–H groups in total. The van der Waals surface area contributed by atoms with Crippen LogP contribution in [0, 0.1) is 5.82 Å². The van der Waals surface area contributed by atoms with E-state index in [2.05, 4.69) is 20.3 Å². The third-order valence-corrected chi connectivity index (χ3v) is 2.80. The van der Waals surface area contributed by atoms with Crippen LogP contribution >= 0.6 is 0 Å². The quantitative estimate of drug-likeness (QED) is 0.715.